The number of benzene rings is 1. The third kappa shape index (κ3) is 4.71. The van der Waals surface area contributed by atoms with E-state index in [1.54, 1.807) is 0 Å². The van der Waals surface area contributed by atoms with Crippen LogP contribution in [0.5, 0.6) is 0 Å². The molecule has 1 rings (SSSR count). The molecule has 0 aliphatic rings. The molecule has 0 saturated heterocycles. The molecular weight excluding hydrogens is 298 g/mol. The smallest absolute Gasteiger partial charge is 0.270 e. The van der Waals surface area contributed by atoms with Crippen LogP contribution in [0, 0.1) is 16.0 Å². The van der Waals surface area contributed by atoms with Crippen LogP contribution in [0.15, 0.2) is 18.2 Å². The van der Waals surface area contributed by atoms with Crippen LogP contribution in [0.4, 0.5) is 5.69 Å². The number of carbonyl (C=O) groups excluding carboxylic acids is 2. The highest BCUT2D eigenvalue weighted by Crippen LogP contribution is 2.24. The van der Waals surface area contributed by atoms with Crippen molar-refractivity contribution in [2.45, 2.75) is 13.8 Å². The lowest BCUT2D eigenvalue weighted by Gasteiger charge is -2.23. The lowest BCUT2D eigenvalue weighted by Crippen LogP contribution is -2.40. The molecule has 0 aromatic heterocycles. The monoisotopic (exact) mass is 313 g/mol. The standard InChI is InChI=1S/C13H16ClN3O4/c1-8(2)6-16(7-12(15)18)13(19)10-4-3-9(17(20)21)5-11(10)14/h3-5,8H,6-7H2,1-2H3,(H2,15,18). The molecule has 2 amide bonds. The molecule has 0 aliphatic carbocycles. The molecule has 8 heteroatoms. The van der Waals surface area contributed by atoms with E-state index in [-0.39, 0.29) is 28.7 Å². The molecule has 0 bridgehead atoms. The summed E-state index contributed by atoms with van der Waals surface area (Å²) in [4.78, 5) is 34.8. The van der Waals surface area contributed by atoms with Gasteiger partial charge in [-0.05, 0) is 12.0 Å². The van der Waals surface area contributed by atoms with E-state index in [1.807, 2.05) is 13.8 Å². The van der Waals surface area contributed by atoms with E-state index in [4.69, 9.17) is 17.3 Å². The number of nitrogens with zero attached hydrogens (tertiary/aromatic N) is 2. The summed E-state index contributed by atoms with van der Waals surface area (Å²) in [6.45, 7) is 3.87. The maximum Gasteiger partial charge on any atom is 0.270 e. The SMILES string of the molecule is CC(C)CN(CC(N)=O)C(=O)c1ccc([N+](=O)[O-])cc1Cl. The quantitative estimate of drug-likeness (QED) is 0.638. The number of nitro benzene ring substituents is 1. The first-order valence-electron chi connectivity index (χ1n) is 6.24. The van der Waals surface area contributed by atoms with Crippen LogP contribution in [0.3, 0.4) is 0 Å². The van der Waals surface area contributed by atoms with Crippen LogP contribution in [0.1, 0.15) is 24.2 Å². The Hall–Kier alpha value is -2.15. The van der Waals surface area contributed by atoms with E-state index < -0.39 is 16.7 Å². The van der Waals surface area contributed by atoms with E-state index >= 15 is 0 Å². The Kier molecular flexibility index (Phi) is 5.66. The minimum absolute atomic E-state index is 0.0348. The Labute approximate surface area is 126 Å². The molecule has 7 nitrogen and oxygen atoms in total. The number of halogens is 1. The first-order chi connectivity index (χ1) is 9.72. The Morgan fingerprint density at radius 1 is 1.43 bits per heavy atom. The average Bonchev–Trinajstić information content (AvgIpc) is 2.35. The average molecular weight is 314 g/mol. The predicted molar refractivity (Wildman–Crippen MR) is 78.0 cm³/mol. The number of nitrogens with two attached hydrogens (primary N) is 1. The van der Waals surface area contributed by atoms with Gasteiger partial charge in [0.25, 0.3) is 11.6 Å². The van der Waals surface area contributed by atoms with Gasteiger partial charge in [0.05, 0.1) is 22.1 Å². The molecule has 0 spiro atoms. The van der Waals surface area contributed by atoms with E-state index in [0.717, 1.165) is 6.07 Å². The molecule has 0 heterocycles. The van der Waals surface area contributed by atoms with Crippen LogP contribution < -0.4 is 5.73 Å². The van der Waals surface area contributed by atoms with Crippen LogP contribution in [0.25, 0.3) is 0 Å². The second-order valence-electron chi connectivity index (χ2n) is 4.97. The molecule has 0 saturated carbocycles. The van der Waals surface area contributed by atoms with Gasteiger partial charge in [0.2, 0.25) is 5.91 Å². The van der Waals surface area contributed by atoms with Gasteiger partial charge in [0, 0.05) is 18.7 Å². The van der Waals surface area contributed by atoms with Crippen molar-refractivity contribution in [3.05, 3.63) is 38.9 Å². The number of hydrogen-bond donors (Lipinski definition) is 1. The maximum atomic E-state index is 12.4. The van der Waals surface area contributed by atoms with Crippen molar-refractivity contribution in [1.82, 2.24) is 4.90 Å². The molecule has 21 heavy (non-hydrogen) atoms. The fourth-order valence-electron chi connectivity index (χ4n) is 1.81. The molecule has 0 aliphatic heterocycles. The largest absolute Gasteiger partial charge is 0.368 e. The zero-order valence-corrected chi connectivity index (χ0v) is 12.5. The third-order valence-electron chi connectivity index (χ3n) is 2.61. The van der Waals surface area contributed by atoms with E-state index in [1.165, 1.54) is 17.0 Å². The van der Waals surface area contributed by atoms with Gasteiger partial charge >= 0.3 is 0 Å². The highest BCUT2D eigenvalue weighted by atomic mass is 35.5. The summed E-state index contributed by atoms with van der Waals surface area (Å²) in [6.07, 6.45) is 0. The lowest BCUT2D eigenvalue weighted by molar-refractivity contribution is -0.384. The number of hydrogen-bond acceptors (Lipinski definition) is 4. The molecule has 114 valence electrons. The molecule has 0 fully saturated rings. The van der Waals surface area contributed by atoms with Crippen LogP contribution >= 0.6 is 11.6 Å². The fraction of sp³-hybridized carbons (Fsp3) is 0.385. The molecule has 2 N–H and O–H groups in total. The van der Waals surface area contributed by atoms with Gasteiger partial charge < -0.3 is 10.6 Å². The first kappa shape index (κ1) is 16.9. The normalized spacial score (nSPS) is 10.5. The molecule has 1 aromatic rings. The first-order valence-corrected chi connectivity index (χ1v) is 6.61. The second kappa shape index (κ2) is 7.03. The Morgan fingerprint density at radius 2 is 2.05 bits per heavy atom. The Bertz CT molecular complexity index is 575. The van der Waals surface area contributed by atoms with Crippen molar-refractivity contribution in [1.29, 1.82) is 0 Å². The van der Waals surface area contributed by atoms with E-state index in [9.17, 15) is 19.7 Å². The van der Waals surface area contributed by atoms with Crippen molar-refractivity contribution >= 4 is 29.1 Å². The van der Waals surface area contributed by atoms with Gasteiger partial charge in [0.1, 0.15) is 0 Å². The van der Waals surface area contributed by atoms with Crippen molar-refractivity contribution in [3.8, 4) is 0 Å². The topological polar surface area (TPSA) is 107 Å². The minimum Gasteiger partial charge on any atom is -0.368 e. The summed E-state index contributed by atoms with van der Waals surface area (Å²) in [5.41, 5.74) is 5.03. The highest BCUT2D eigenvalue weighted by Gasteiger charge is 2.22. The summed E-state index contributed by atoms with van der Waals surface area (Å²) < 4.78 is 0. The number of primary amides is 1. The summed E-state index contributed by atoms with van der Waals surface area (Å²) in [5, 5.41) is 10.6. The Balaban J connectivity index is 3.08. The van der Waals surface area contributed by atoms with Gasteiger partial charge in [-0.25, -0.2) is 0 Å². The molecule has 0 radical (unpaired) electrons. The number of amides is 2. The van der Waals surface area contributed by atoms with E-state index in [2.05, 4.69) is 0 Å². The Morgan fingerprint density at radius 3 is 2.48 bits per heavy atom. The van der Waals surface area contributed by atoms with Gasteiger partial charge in [-0.1, -0.05) is 25.4 Å². The molecule has 0 atom stereocenters. The maximum absolute atomic E-state index is 12.4. The van der Waals surface area contributed by atoms with Crippen LogP contribution in [-0.2, 0) is 4.79 Å². The molecule has 0 unspecified atom stereocenters. The summed E-state index contributed by atoms with van der Waals surface area (Å²) >= 11 is 5.92. The number of nitro groups is 1. The van der Waals surface area contributed by atoms with Gasteiger partial charge in [-0.2, -0.15) is 0 Å². The van der Waals surface area contributed by atoms with Crippen molar-refractivity contribution in [2.75, 3.05) is 13.1 Å². The van der Waals surface area contributed by atoms with Crippen molar-refractivity contribution in [2.24, 2.45) is 11.7 Å². The zero-order valence-electron chi connectivity index (χ0n) is 11.7. The molecular formula is C13H16ClN3O4. The molecule has 1 aromatic carbocycles. The summed E-state index contributed by atoms with van der Waals surface area (Å²) in [7, 11) is 0. The van der Waals surface area contributed by atoms with Crippen molar-refractivity contribution in [3.63, 3.8) is 0 Å². The van der Waals surface area contributed by atoms with Gasteiger partial charge in [0.15, 0.2) is 0 Å². The number of rotatable bonds is 6. The van der Waals surface area contributed by atoms with Gasteiger partial charge in [-0.15, -0.1) is 0 Å². The minimum atomic E-state index is -0.637. The zero-order chi connectivity index (χ0) is 16.2. The predicted octanol–water partition coefficient (Wildman–Crippen LogP) is 1.83. The van der Waals surface area contributed by atoms with Crippen LogP contribution in [-0.4, -0.2) is 34.7 Å². The van der Waals surface area contributed by atoms with E-state index in [0.29, 0.717) is 6.54 Å². The lowest BCUT2D eigenvalue weighted by atomic mass is 10.1. The van der Waals surface area contributed by atoms with Gasteiger partial charge in [-0.3, -0.25) is 19.7 Å². The summed E-state index contributed by atoms with van der Waals surface area (Å²) in [5.74, 6) is -0.991. The highest BCUT2D eigenvalue weighted by molar-refractivity contribution is 6.34. The summed E-state index contributed by atoms with van der Waals surface area (Å²) in [6, 6.07) is 3.57. The fourth-order valence-corrected chi connectivity index (χ4v) is 2.07. The number of non-ortho nitro benzene ring substituents is 1. The second-order valence-corrected chi connectivity index (χ2v) is 5.37. The van der Waals surface area contributed by atoms with Crippen LogP contribution in [0.2, 0.25) is 5.02 Å². The third-order valence-corrected chi connectivity index (χ3v) is 2.93. The van der Waals surface area contributed by atoms with Crippen molar-refractivity contribution < 1.29 is 14.5 Å². The number of carbonyl (C=O) groups is 2.